The zero-order valence-electron chi connectivity index (χ0n) is 9.47. The quantitative estimate of drug-likeness (QED) is 0.788. The fourth-order valence-corrected chi connectivity index (χ4v) is 1.72. The Kier molecular flexibility index (Phi) is 2.02. The van der Waals surface area contributed by atoms with Crippen LogP contribution in [-0.2, 0) is 5.41 Å². The maximum atomic E-state index is 8.84. The first-order valence-corrected chi connectivity index (χ1v) is 5.56. The summed E-state index contributed by atoms with van der Waals surface area (Å²) in [5, 5.41) is 12.8. The average molecular weight is 225 g/mol. The Morgan fingerprint density at radius 3 is 2.94 bits per heavy atom. The van der Waals surface area contributed by atoms with Crippen LogP contribution in [-0.4, -0.2) is 10.1 Å². The molecule has 0 radical (unpaired) electrons. The van der Waals surface area contributed by atoms with Crippen LogP contribution in [0.15, 0.2) is 28.8 Å². The highest BCUT2D eigenvalue weighted by Gasteiger charge is 2.43. The molecule has 0 amide bonds. The van der Waals surface area contributed by atoms with Crippen LogP contribution in [0.3, 0.4) is 0 Å². The molecular formula is C13H11N3O. The third kappa shape index (κ3) is 1.70. The van der Waals surface area contributed by atoms with E-state index < -0.39 is 0 Å². The van der Waals surface area contributed by atoms with Gasteiger partial charge in [-0.25, -0.2) is 0 Å². The van der Waals surface area contributed by atoms with Crippen molar-refractivity contribution in [2.24, 2.45) is 0 Å². The van der Waals surface area contributed by atoms with Crippen molar-refractivity contribution in [1.29, 1.82) is 5.26 Å². The summed E-state index contributed by atoms with van der Waals surface area (Å²) in [6, 6.07) is 9.29. The molecular weight excluding hydrogens is 214 g/mol. The lowest BCUT2D eigenvalue weighted by Gasteiger charge is -1.97. The van der Waals surface area contributed by atoms with E-state index in [9.17, 15) is 0 Å². The molecule has 84 valence electrons. The van der Waals surface area contributed by atoms with E-state index in [1.165, 1.54) is 0 Å². The number of aromatic nitrogens is 2. The first kappa shape index (κ1) is 10.0. The van der Waals surface area contributed by atoms with Gasteiger partial charge in [-0.05, 0) is 31.0 Å². The van der Waals surface area contributed by atoms with Gasteiger partial charge in [0.2, 0.25) is 0 Å². The SMILES string of the molecule is CC1(c2noc(-c3cccc(C#N)c3)n2)CC1. The molecule has 0 spiro atoms. The van der Waals surface area contributed by atoms with E-state index in [0.717, 1.165) is 24.2 Å². The molecule has 0 bridgehead atoms. The van der Waals surface area contributed by atoms with Gasteiger partial charge in [-0.15, -0.1) is 0 Å². The number of nitrogens with zero attached hydrogens (tertiary/aromatic N) is 3. The Labute approximate surface area is 98.9 Å². The first-order chi connectivity index (χ1) is 8.21. The van der Waals surface area contributed by atoms with Crippen LogP contribution >= 0.6 is 0 Å². The van der Waals surface area contributed by atoms with Gasteiger partial charge in [0, 0.05) is 11.0 Å². The maximum Gasteiger partial charge on any atom is 0.257 e. The molecule has 1 aliphatic rings. The summed E-state index contributed by atoms with van der Waals surface area (Å²) in [4.78, 5) is 4.40. The summed E-state index contributed by atoms with van der Waals surface area (Å²) in [5.74, 6) is 1.26. The van der Waals surface area contributed by atoms with Crippen LogP contribution in [0.25, 0.3) is 11.5 Å². The van der Waals surface area contributed by atoms with Gasteiger partial charge in [0.25, 0.3) is 5.89 Å². The molecule has 1 aromatic carbocycles. The number of rotatable bonds is 2. The topological polar surface area (TPSA) is 62.7 Å². The molecule has 4 nitrogen and oxygen atoms in total. The second-order valence-electron chi connectivity index (χ2n) is 4.68. The molecule has 0 saturated heterocycles. The predicted molar refractivity (Wildman–Crippen MR) is 61.0 cm³/mol. The highest BCUT2D eigenvalue weighted by molar-refractivity contribution is 5.56. The molecule has 4 heteroatoms. The van der Waals surface area contributed by atoms with E-state index in [-0.39, 0.29) is 5.41 Å². The van der Waals surface area contributed by atoms with Gasteiger partial charge in [-0.2, -0.15) is 10.2 Å². The van der Waals surface area contributed by atoms with E-state index in [4.69, 9.17) is 9.78 Å². The molecule has 0 atom stereocenters. The Balaban J connectivity index is 1.98. The van der Waals surface area contributed by atoms with Crippen LogP contribution in [0.1, 0.15) is 31.2 Å². The highest BCUT2D eigenvalue weighted by atomic mass is 16.5. The van der Waals surface area contributed by atoms with E-state index >= 15 is 0 Å². The fraction of sp³-hybridized carbons (Fsp3) is 0.308. The summed E-state index contributed by atoms with van der Waals surface area (Å²) in [6.07, 6.45) is 2.23. The van der Waals surface area contributed by atoms with Crippen molar-refractivity contribution in [1.82, 2.24) is 10.1 Å². The van der Waals surface area contributed by atoms with Crippen molar-refractivity contribution < 1.29 is 4.52 Å². The molecule has 1 fully saturated rings. The zero-order valence-corrected chi connectivity index (χ0v) is 9.47. The zero-order chi connectivity index (χ0) is 11.9. The Morgan fingerprint density at radius 1 is 1.41 bits per heavy atom. The van der Waals surface area contributed by atoms with E-state index in [0.29, 0.717) is 11.5 Å². The third-order valence-electron chi connectivity index (χ3n) is 3.20. The lowest BCUT2D eigenvalue weighted by atomic mass is 10.1. The summed E-state index contributed by atoms with van der Waals surface area (Å²) < 4.78 is 5.25. The van der Waals surface area contributed by atoms with Gasteiger partial charge < -0.3 is 4.52 Å². The normalized spacial score (nSPS) is 16.5. The van der Waals surface area contributed by atoms with Crippen LogP contribution in [0.2, 0.25) is 0 Å². The molecule has 0 N–H and O–H groups in total. The predicted octanol–water partition coefficient (Wildman–Crippen LogP) is 2.66. The van der Waals surface area contributed by atoms with Crippen molar-refractivity contribution >= 4 is 0 Å². The summed E-state index contributed by atoms with van der Waals surface area (Å²) in [6.45, 7) is 2.13. The van der Waals surface area contributed by atoms with Gasteiger partial charge in [0.1, 0.15) is 0 Å². The largest absolute Gasteiger partial charge is 0.334 e. The van der Waals surface area contributed by atoms with Gasteiger partial charge in [0.05, 0.1) is 11.6 Å². The number of hydrogen-bond donors (Lipinski definition) is 0. The van der Waals surface area contributed by atoms with Crippen molar-refractivity contribution in [2.45, 2.75) is 25.2 Å². The van der Waals surface area contributed by atoms with Crippen molar-refractivity contribution in [3.8, 4) is 17.5 Å². The van der Waals surface area contributed by atoms with Gasteiger partial charge >= 0.3 is 0 Å². The molecule has 1 saturated carbocycles. The van der Waals surface area contributed by atoms with E-state index in [2.05, 4.69) is 23.1 Å². The van der Waals surface area contributed by atoms with E-state index in [1.54, 1.807) is 12.1 Å². The third-order valence-corrected chi connectivity index (χ3v) is 3.20. The number of benzene rings is 1. The standard InChI is InChI=1S/C13H11N3O/c1-13(5-6-13)12-15-11(17-16-12)10-4-2-3-9(7-10)8-14/h2-4,7H,5-6H2,1H3. The number of hydrogen-bond acceptors (Lipinski definition) is 4. The lowest BCUT2D eigenvalue weighted by molar-refractivity contribution is 0.416. The van der Waals surface area contributed by atoms with Crippen LogP contribution in [0, 0.1) is 11.3 Å². The molecule has 0 aliphatic heterocycles. The van der Waals surface area contributed by atoms with Gasteiger partial charge in [0.15, 0.2) is 5.82 Å². The molecule has 2 aromatic rings. The second-order valence-corrected chi connectivity index (χ2v) is 4.68. The van der Waals surface area contributed by atoms with Crippen LogP contribution in [0.4, 0.5) is 0 Å². The maximum absolute atomic E-state index is 8.84. The Bertz CT molecular complexity index is 605. The molecule has 17 heavy (non-hydrogen) atoms. The average Bonchev–Trinajstić information content (AvgIpc) is 2.94. The minimum atomic E-state index is 0.106. The van der Waals surface area contributed by atoms with Crippen molar-refractivity contribution in [3.05, 3.63) is 35.7 Å². The minimum absolute atomic E-state index is 0.106. The number of nitriles is 1. The molecule has 0 unspecified atom stereocenters. The molecule has 3 rings (SSSR count). The monoisotopic (exact) mass is 225 g/mol. The fourth-order valence-electron chi connectivity index (χ4n) is 1.72. The van der Waals surface area contributed by atoms with Crippen molar-refractivity contribution in [3.63, 3.8) is 0 Å². The van der Waals surface area contributed by atoms with Gasteiger partial charge in [-0.3, -0.25) is 0 Å². The summed E-state index contributed by atoms with van der Waals surface area (Å²) >= 11 is 0. The summed E-state index contributed by atoms with van der Waals surface area (Å²) in [7, 11) is 0. The Hall–Kier alpha value is -2.15. The summed E-state index contributed by atoms with van der Waals surface area (Å²) in [5.41, 5.74) is 1.50. The minimum Gasteiger partial charge on any atom is -0.334 e. The highest BCUT2D eigenvalue weighted by Crippen LogP contribution is 2.46. The molecule has 1 heterocycles. The first-order valence-electron chi connectivity index (χ1n) is 5.56. The van der Waals surface area contributed by atoms with Gasteiger partial charge in [-0.1, -0.05) is 18.1 Å². The second kappa shape index (κ2) is 3.42. The lowest BCUT2D eigenvalue weighted by Crippen LogP contribution is -2.01. The molecule has 1 aromatic heterocycles. The molecule has 1 aliphatic carbocycles. The van der Waals surface area contributed by atoms with Crippen LogP contribution in [0.5, 0.6) is 0 Å². The Morgan fingerprint density at radius 2 is 2.24 bits per heavy atom. The van der Waals surface area contributed by atoms with E-state index in [1.807, 2.05) is 12.1 Å². The smallest absolute Gasteiger partial charge is 0.257 e. The van der Waals surface area contributed by atoms with Crippen LogP contribution < -0.4 is 0 Å². The van der Waals surface area contributed by atoms with Crippen molar-refractivity contribution in [2.75, 3.05) is 0 Å².